The summed E-state index contributed by atoms with van der Waals surface area (Å²) in [4.78, 5) is 0. The molecular weight excluding hydrogens is 276 g/mol. The lowest BCUT2D eigenvalue weighted by molar-refractivity contribution is 0.103. The van der Waals surface area contributed by atoms with Gasteiger partial charge in [-0.05, 0) is 24.6 Å². The Kier molecular flexibility index (Phi) is 6.90. The molecule has 0 aliphatic rings. The summed E-state index contributed by atoms with van der Waals surface area (Å²) < 4.78 is 5.52. The summed E-state index contributed by atoms with van der Waals surface area (Å²) >= 11 is 0. The van der Waals surface area contributed by atoms with E-state index in [4.69, 9.17) is 4.74 Å². The van der Waals surface area contributed by atoms with E-state index in [1.165, 1.54) is 5.56 Å². The Hall–Kier alpha value is -1.88. The Morgan fingerprint density at radius 1 is 0.955 bits per heavy atom. The fourth-order valence-electron chi connectivity index (χ4n) is 2.02. The molecular formula is C18H24N2O2. The number of ether oxygens (including phenoxy) is 1. The standard InChI is InChI=1S/C18H24N2O2/c1-15(19-12-16-8-4-2-5-9-16)20-13-17(21)14-22-18-10-6-3-7-11-18/h2-11,15,17,19-21H,12-14H2,1H3. The van der Waals surface area contributed by atoms with E-state index in [1.807, 2.05) is 55.5 Å². The summed E-state index contributed by atoms with van der Waals surface area (Å²) in [6, 6.07) is 19.8. The number of aliphatic hydroxyl groups excluding tert-OH is 1. The average Bonchev–Trinajstić information content (AvgIpc) is 2.58. The van der Waals surface area contributed by atoms with Crippen LogP contribution < -0.4 is 15.4 Å². The van der Waals surface area contributed by atoms with Crippen LogP contribution in [-0.2, 0) is 6.54 Å². The van der Waals surface area contributed by atoms with Crippen LogP contribution in [0.15, 0.2) is 60.7 Å². The maximum atomic E-state index is 9.93. The molecule has 0 aromatic heterocycles. The predicted molar refractivity (Wildman–Crippen MR) is 88.7 cm³/mol. The van der Waals surface area contributed by atoms with Gasteiger partial charge in [0, 0.05) is 13.1 Å². The highest BCUT2D eigenvalue weighted by Crippen LogP contribution is 2.08. The van der Waals surface area contributed by atoms with Crippen molar-refractivity contribution in [2.24, 2.45) is 0 Å². The van der Waals surface area contributed by atoms with Gasteiger partial charge in [-0.3, -0.25) is 10.6 Å². The zero-order valence-corrected chi connectivity index (χ0v) is 12.9. The number of benzene rings is 2. The van der Waals surface area contributed by atoms with E-state index in [9.17, 15) is 5.11 Å². The van der Waals surface area contributed by atoms with Gasteiger partial charge in [0.1, 0.15) is 18.5 Å². The largest absolute Gasteiger partial charge is 0.491 e. The zero-order chi connectivity index (χ0) is 15.6. The highest BCUT2D eigenvalue weighted by molar-refractivity contribution is 5.20. The lowest BCUT2D eigenvalue weighted by Crippen LogP contribution is -2.44. The third-order valence-electron chi connectivity index (χ3n) is 3.30. The van der Waals surface area contributed by atoms with Gasteiger partial charge in [-0.1, -0.05) is 48.5 Å². The van der Waals surface area contributed by atoms with Crippen molar-refractivity contribution in [3.05, 3.63) is 66.2 Å². The second-order valence-electron chi connectivity index (χ2n) is 5.27. The highest BCUT2D eigenvalue weighted by Gasteiger charge is 2.07. The number of rotatable bonds is 9. The van der Waals surface area contributed by atoms with Crippen molar-refractivity contribution < 1.29 is 9.84 Å². The van der Waals surface area contributed by atoms with Crippen molar-refractivity contribution in [1.29, 1.82) is 0 Å². The molecule has 2 aromatic carbocycles. The zero-order valence-electron chi connectivity index (χ0n) is 12.9. The normalized spacial score (nSPS) is 13.5. The Labute approximate surface area is 132 Å². The molecule has 4 nitrogen and oxygen atoms in total. The topological polar surface area (TPSA) is 53.5 Å². The maximum absolute atomic E-state index is 9.93. The number of aliphatic hydroxyl groups is 1. The Morgan fingerprint density at radius 2 is 1.59 bits per heavy atom. The molecule has 118 valence electrons. The Morgan fingerprint density at radius 3 is 2.27 bits per heavy atom. The first-order valence-electron chi connectivity index (χ1n) is 7.60. The third-order valence-corrected chi connectivity index (χ3v) is 3.30. The van der Waals surface area contributed by atoms with Crippen LogP contribution in [0.25, 0.3) is 0 Å². The van der Waals surface area contributed by atoms with Crippen LogP contribution in [0, 0.1) is 0 Å². The number of hydrogen-bond acceptors (Lipinski definition) is 4. The lowest BCUT2D eigenvalue weighted by atomic mass is 10.2. The van der Waals surface area contributed by atoms with Crippen LogP contribution in [0.5, 0.6) is 5.75 Å². The van der Waals surface area contributed by atoms with Gasteiger partial charge in [-0.25, -0.2) is 0 Å². The molecule has 2 atom stereocenters. The van der Waals surface area contributed by atoms with E-state index in [2.05, 4.69) is 22.8 Å². The molecule has 0 saturated heterocycles. The van der Waals surface area contributed by atoms with Crippen LogP contribution in [0.4, 0.5) is 0 Å². The van der Waals surface area contributed by atoms with E-state index in [-0.39, 0.29) is 12.8 Å². The molecule has 0 amide bonds. The van der Waals surface area contributed by atoms with Crippen LogP contribution in [-0.4, -0.2) is 30.5 Å². The van der Waals surface area contributed by atoms with Crippen LogP contribution in [0.1, 0.15) is 12.5 Å². The van der Waals surface area contributed by atoms with Crippen LogP contribution >= 0.6 is 0 Å². The summed E-state index contributed by atoms with van der Waals surface area (Å²) in [5.74, 6) is 0.775. The van der Waals surface area contributed by atoms with Gasteiger partial charge in [0.25, 0.3) is 0 Å². The predicted octanol–water partition coefficient (Wildman–Crippen LogP) is 2.15. The Bertz CT molecular complexity index is 470. The Balaban J connectivity index is 1.60. The van der Waals surface area contributed by atoms with Crippen LogP contribution in [0.2, 0.25) is 0 Å². The van der Waals surface area contributed by atoms with E-state index in [0.29, 0.717) is 6.54 Å². The van der Waals surface area contributed by atoms with Gasteiger partial charge < -0.3 is 9.84 Å². The summed E-state index contributed by atoms with van der Waals surface area (Å²) in [5, 5.41) is 16.5. The molecule has 2 unspecified atom stereocenters. The molecule has 2 aromatic rings. The van der Waals surface area contributed by atoms with Gasteiger partial charge in [0.2, 0.25) is 0 Å². The van der Waals surface area contributed by atoms with Crippen LogP contribution in [0.3, 0.4) is 0 Å². The molecule has 0 bridgehead atoms. The van der Waals surface area contributed by atoms with Gasteiger partial charge in [0.05, 0.1) is 6.17 Å². The quantitative estimate of drug-likeness (QED) is 0.621. The second-order valence-corrected chi connectivity index (χ2v) is 5.27. The molecule has 3 N–H and O–H groups in total. The van der Waals surface area contributed by atoms with Gasteiger partial charge in [-0.2, -0.15) is 0 Å². The van der Waals surface area contributed by atoms with Gasteiger partial charge >= 0.3 is 0 Å². The molecule has 0 radical (unpaired) electrons. The van der Waals surface area contributed by atoms with Gasteiger partial charge in [0.15, 0.2) is 0 Å². The third kappa shape index (κ3) is 6.26. The summed E-state index contributed by atoms with van der Waals surface area (Å²) in [6.07, 6.45) is -0.423. The molecule has 0 saturated carbocycles. The number of nitrogens with one attached hydrogen (secondary N) is 2. The highest BCUT2D eigenvalue weighted by atomic mass is 16.5. The van der Waals surface area contributed by atoms with Crippen molar-refractivity contribution in [3.63, 3.8) is 0 Å². The summed E-state index contributed by atoms with van der Waals surface area (Å²) in [7, 11) is 0. The minimum Gasteiger partial charge on any atom is -0.491 e. The van der Waals surface area contributed by atoms with E-state index in [1.54, 1.807) is 0 Å². The van der Waals surface area contributed by atoms with Crippen molar-refractivity contribution >= 4 is 0 Å². The minimum absolute atomic E-state index is 0.117. The average molecular weight is 300 g/mol. The molecule has 0 aliphatic carbocycles. The molecule has 0 aliphatic heterocycles. The summed E-state index contributed by atoms with van der Waals surface area (Å²) in [6.45, 7) is 3.59. The van der Waals surface area contributed by atoms with Crippen molar-refractivity contribution in [3.8, 4) is 5.75 Å². The monoisotopic (exact) mass is 300 g/mol. The van der Waals surface area contributed by atoms with Crippen molar-refractivity contribution in [2.45, 2.75) is 25.7 Å². The van der Waals surface area contributed by atoms with E-state index >= 15 is 0 Å². The number of para-hydroxylation sites is 1. The second kappa shape index (κ2) is 9.20. The minimum atomic E-state index is -0.541. The fraction of sp³-hybridized carbons (Fsp3) is 0.333. The summed E-state index contributed by atoms with van der Waals surface area (Å²) in [5.41, 5.74) is 1.24. The maximum Gasteiger partial charge on any atom is 0.119 e. The molecule has 4 heteroatoms. The van der Waals surface area contributed by atoms with Crippen molar-refractivity contribution in [1.82, 2.24) is 10.6 Å². The smallest absolute Gasteiger partial charge is 0.119 e. The SMILES string of the molecule is CC(NCc1ccccc1)NCC(O)COc1ccccc1. The van der Waals surface area contributed by atoms with Gasteiger partial charge in [-0.15, -0.1) is 0 Å². The number of hydrogen-bond donors (Lipinski definition) is 3. The molecule has 2 rings (SSSR count). The first kappa shape index (κ1) is 16.5. The lowest BCUT2D eigenvalue weighted by Gasteiger charge is -2.19. The molecule has 0 spiro atoms. The first-order chi connectivity index (χ1) is 10.7. The first-order valence-corrected chi connectivity index (χ1v) is 7.60. The molecule has 0 fully saturated rings. The molecule has 22 heavy (non-hydrogen) atoms. The fourth-order valence-corrected chi connectivity index (χ4v) is 2.02. The van der Waals surface area contributed by atoms with E-state index in [0.717, 1.165) is 12.3 Å². The van der Waals surface area contributed by atoms with E-state index < -0.39 is 6.10 Å². The van der Waals surface area contributed by atoms with Crippen molar-refractivity contribution in [2.75, 3.05) is 13.2 Å². The molecule has 0 heterocycles.